The minimum atomic E-state index is 0.130. The minimum absolute atomic E-state index is 0.130. The first-order valence-electron chi connectivity index (χ1n) is 5.55. The molecule has 84 valence electrons. The summed E-state index contributed by atoms with van der Waals surface area (Å²) in [5.74, 6) is 0. The van der Waals surface area contributed by atoms with Crippen LogP contribution in [0.2, 0.25) is 0 Å². The first-order valence-corrected chi connectivity index (χ1v) is 5.55. The van der Waals surface area contributed by atoms with Gasteiger partial charge in [-0.2, -0.15) is 0 Å². The van der Waals surface area contributed by atoms with Crippen LogP contribution in [0.25, 0.3) is 0 Å². The molecule has 3 heteroatoms. The number of nitrogens with two attached hydrogens (primary N) is 1. The fraction of sp³-hybridized carbons (Fsp3) is 1.00. The zero-order valence-electron chi connectivity index (χ0n) is 10.1. The van der Waals surface area contributed by atoms with Crippen LogP contribution in [0.5, 0.6) is 0 Å². The summed E-state index contributed by atoms with van der Waals surface area (Å²) in [6.45, 7) is 9.62. The monoisotopic (exact) mass is 199 g/mol. The smallest absolute Gasteiger partial charge is 0.0436 e. The van der Waals surface area contributed by atoms with Crippen LogP contribution in [0.4, 0.5) is 0 Å². The van der Waals surface area contributed by atoms with Crippen LogP contribution in [0, 0.1) is 0 Å². The van der Waals surface area contributed by atoms with Gasteiger partial charge in [-0.05, 0) is 47.2 Å². The van der Waals surface area contributed by atoms with Crippen LogP contribution in [-0.4, -0.2) is 42.7 Å². The Labute approximate surface area is 88.0 Å². The molecule has 1 heterocycles. The van der Waals surface area contributed by atoms with E-state index in [9.17, 15) is 0 Å². The van der Waals surface area contributed by atoms with Crippen molar-refractivity contribution in [3.8, 4) is 0 Å². The first kappa shape index (κ1) is 12.0. The molecule has 14 heavy (non-hydrogen) atoms. The van der Waals surface area contributed by atoms with E-state index in [1.807, 2.05) is 0 Å². The molecule has 0 aliphatic carbocycles. The molecule has 1 rings (SSSR count). The highest BCUT2D eigenvalue weighted by molar-refractivity contribution is 4.98. The van der Waals surface area contributed by atoms with Crippen LogP contribution in [-0.2, 0) is 0 Å². The minimum Gasteiger partial charge on any atom is -0.329 e. The summed E-state index contributed by atoms with van der Waals surface area (Å²) in [5, 5.41) is 3.68. The highest BCUT2D eigenvalue weighted by Crippen LogP contribution is 2.22. The predicted octanol–water partition coefficient (Wildman–Crippen LogP) is 0.798. The van der Waals surface area contributed by atoms with Gasteiger partial charge in [-0.3, -0.25) is 0 Å². The van der Waals surface area contributed by atoms with Crippen molar-refractivity contribution in [3.05, 3.63) is 0 Å². The van der Waals surface area contributed by atoms with Gasteiger partial charge in [0.15, 0.2) is 0 Å². The van der Waals surface area contributed by atoms with Crippen molar-refractivity contribution in [2.75, 3.05) is 26.7 Å². The van der Waals surface area contributed by atoms with Gasteiger partial charge in [0.2, 0.25) is 0 Å². The summed E-state index contributed by atoms with van der Waals surface area (Å²) in [7, 11) is 2.17. The van der Waals surface area contributed by atoms with Gasteiger partial charge in [-0.25, -0.2) is 0 Å². The van der Waals surface area contributed by atoms with Gasteiger partial charge in [0, 0.05) is 24.2 Å². The van der Waals surface area contributed by atoms with Gasteiger partial charge in [-0.15, -0.1) is 0 Å². The number of hydrogen-bond donors (Lipinski definition) is 2. The maximum atomic E-state index is 5.92. The van der Waals surface area contributed by atoms with Crippen LogP contribution in [0.15, 0.2) is 0 Å². The zero-order chi connectivity index (χ0) is 10.8. The Hall–Kier alpha value is -0.120. The van der Waals surface area contributed by atoms with E-state index < -0.39 is 0 Å². The number of likely N-dealkylation sites (tertiary alicyclic amines) is 1. The second kappa shape index (κ2) is 4.17. The van der Waals surface area contributed by atoms with Crippen LogP contribution >= 0.6 is 0 Å². The molecule has 3 N–H and O–H groups in total. The van der Waals surface area contributed by atoms with E-state index in [4.69, 9.17) is 5.73 Å². The molecule has 0 bridgehead atoms. The zero-order valence-corrected chi connectivity index (χ0v) is 10.1. The van der Waals surface area contributed by atoms with Gasteiger partial charge in [0.05, 0.1) is 0 Å². The number of nitrogens with zero attached hydrogens (tertiary/aromatic N) is 1. The molecule has 0 radical (unpaired) electrons. The standard InChI is InChI=1S/C11H25N3/c1-10(2,3)13-11(8-12)6-5-7-14(4)9-11/h13H,5-9,12H2,1-4H3. The van der Waals surface area contributed by atoms with Gasteiger partial charge in [0.1, 0.15) is 0 Å². The topological polar surface area (TPSA) is 41.3 Å². The number of nitrogens with one attached hydrogen (secondary N) is 1. The molecule has 1 fully saturated rings. The Kier molecular flexibility index (Phi) is 3.56. The van der Waals surface area contributed by atoms with Crippen molar-refractivity contribution in [1.29, 1.82) is 0 Å². The Morgan fingerprint density at radius 2 is 2.07 bits per heavy atom. The Bertz CT molecular complexity index is 185. The summed E-state index contributed by atoms with van der Waals surface area (Å²) in [6.07, 6.45) is 2.45. The average molecular weight is 199 g/mol. The third-order valence-corrected chi connectivity index (χ3v) is 2.80. The van der Waals surface area contributed by atoms with Crippen molar-refractivity contribution in [2.24, 2.45) is 5.73 Å². The molecule has 0 spiro atoms. The molecule has 1 saturated heterocycles. The second-order valence-corrected chi connectivity index (χ2v) is 5.70. The maximum Gasteiger partial charge on any atom is 0.0436 e. The lowest BCUT2D eigenvalue weighted by Crippen LogP contribution is -2.64. The Morgan fingerprint density at radius 1 is 1.43 bits per heavy atom. The molecule has 3 nitrogen and oxygen atoms in total. The largest absolute Gasteiger partial charge is 0.329 e. The third-order valence-electron chi connectivity index (χ3n) is 2.80. The number of hydrogen-bond acceptors (Lipinski definition) is 3. The second-order valence-electron chi connectivity index (χ2n) is 5.70. The van der Waals surface area contributed by atoms with Gasteiger partial charge in [-0.1, -0.05) is 0 Å². The molecule has 0 aromatic rings. The molecule has 0 amide bonds. The molecule has 0 saturated carbocycles. The van der Waals surface area contributed by atoms with Crippen molar-refractivity contribution < 1.29 is 0 Å². The predicted molar refractivity (Wildman–Crippen MR) is 61.4 cm³/mol. The number of rotatable bonds is 2. The van der Waals surface area contributed by atoms with Crippen LogP contribution < -0.4 is 11.1 Å². The van der Waals surface area contributed by atoms with Crippen molar-refractivity contribution in [1.82, 2.24) is 10.2 Å². The Balaban J connectivity index is 2.65. The summed E-state index contributed by atoms with van der Waals surface area (Å²) in [6, 6.07) is 0. The van der Waals surface area contributed by atoms with E-state index in [1.165, 1.54) is 19.4 Å². The van der Waals surface area contributed by atoms with Crippen molar-refractivity contribution in [3.63, 3.8) is 0 Å². The fourth-order valence-electron chi connectivity index (χ4n) is 2.48. The van der Waals surface area contributed by atoms with Crippen LogP contribution in [0.3, 0.4) is 0 Å². The summed E-state index contributed by atoms with van der Waals surface area (Å²) >= 11 is 0. The van der Waals surface area contributed by atoms with Gasteiger partial charge >= 0.3 is 0 Å². The summed E-state index contributed by atoms with van der Waals surface area (Å²) in [4.78, 5) is 2.37. The lowest BCUT2D eigenvalue weighted by molar-refractivity contribution is 0.123. The number of piperidine rings is 1. The van der Waals surface area contributed by atoms with E-state index >= 15 is 0 Å². The Morgan fingerprint density at radius 3 is 2.50 bits per heavy atom. The molecule has 0 aromatic carbocycles. The summed E-state index contributed by atoms with van der Waals surface area (Å²) < 4.78 is 0. The third kappa shape index (κ3) is 3.23. The summed E-state index contributed by atoms with van der Waals surface area (Å²) in [5.41, 5.74) is 6.20. The molecule has 1 aliphatic rings. The van der Waals surface area contributed by atoms with E-state index in [0.29, 0.717) is 0 Å². The fourth-order valence-corrected chi connectivity index (χ4v) is 2.48. The molecular formula is C11H25N3. The molecule has 1 atom stereocenters. The van der Waals surface area contributed by atoms with Crippen LogP contribution in [0.1, 0.15) is 33.6 Å². The molecule has 0 aromatic heterocycles. The van der Waals surface area contributed by atoms with Gasteiger partial charge < -0.3 is 16.0 Å². The van der Waals surface area contributed by atoms with Crippen molar-refractivity contribution in [2.45, 2.75) is 44.7 Å². The highest BCUT2D eigenvalue weighted by atomic mass is 15.2. The van der Waals surface area contributed by atoms with Gasteiger partial charge in [0.25, 0.3) is 0 Å². The van der Waals surface area contributed by atoms with E-state index in [0.717, 1.165) is 13.1 Å². The van der Waals surface area contributed by atoms with Crippen molar-refractivity contribution >= 4 is 0 Å². The quantitative estimate of drug-likeness (QED) is 0.691. The normalized spacial score (nSPS) is 30.6. The van der Waals surface area contributed by atoms with E-state index in [1.54, 1.807) is 0 Å². The number of likely N-dealkylation sites (N-methyl/N-ethyl adjacent to an activating group) is 1. The lowest BCUT2D eigenvalue weighted by atomic mass is 9.86. The lowest BCUT2D eigenvalue weighted by Gasteiger charge is -2.45. The maximum absolute atomic E-state index is 5.92. The first-order chi connectivity index (χ1) is 6.37. The van der Waals surface area contributed by atoms with E-state index in [-0.39, 0.29) is 11.1 Å². The van der Waals surface area contributed by atoms with E-state index in [2.05, 4.69) is 38.0 Å². The molecule has 1 unspecified atom stereocenters. The molecule has 1 aliphatic heterocycles. The molecular weight excluding hydrogens is 174 g/mol. The SMILES string of the molecule is CN1CCCC(CN)(NC(C)(C)C)C1. The highest BCUT2D eigenvalue weighted by Gasteiger charge is 2.35. The average Bonchev–Trinajstić information content (AvgIpc) is 2.01.